The summed E-state index contributed by atoms with van der Waals surface area (Å²) in [4.78, 5) is 21.2. The van der Waals surface area contributed by atoms with Crippen LogP contribution in [0.1, 0.15) is 20.8 Å². The minimum absolute atomic E-state index is 0.170. The summed E-state index contributed by atoms with van der Waals surface area (Å²) in [7, 11) is -3.63. The first-order valence-electron chi connectivity index (χ1n) is 10.6. The van der Waals surface area contributed by atoms with Crippen molar-refractivity contribution < 1.29 is 17.9 Å². The molecule has 2 heterocycles. The van der Waals surface area contributed by atoms with Gasteiger partial charge in [-0.2, -0.15) is 0 Å². The van der Waals surface area contributed by atoms with Crippen molar-refractivity contribution >= 4 is 32.5 Å². The molecule has 7 nitrogen and oxygen atoms in total. The van der Waals surface area contributed by atoms with E-state index in [2.05, 4.69) is 9.88 Å². The van der Waals surface area contributed by atoms with Crippen LogP contribution in [0.3, 0.4) is 0 Å². The molecule has 4 rings (SSSR count). The van der Waals surface area contributed by atoms with Gasteiger partial charge in [-0.25, -0.2) is 13.2 Å². The van der Waals surface area contributed by atoms with Crippen molar-refractivity contribution in [2.75, 3.05) is 31.1 Å². The van der Waals surface area contributed by atoms with E-state index in [4.69, 9.17) is 4.74 Å². The van der Waals surface area contributed by atoms with E-state index in [1.807, 2.05) is 39.0 Å². The predicted octanol–water partition coefficient (Wildman–Crippen LogP) is 4.12. The summed E-state index contributed by atoms with van der Waals surface area (Å²) in [5, 5.41) is 0.758. The van der Waals surface area contributed by atoms with Gasteiger partial charge in [-0.1, -0.05) is 30.3 Å². The summed E-state index contributed by atoms with van der Waals surface area (Å²) >= 11 is 0. The Morgan fingerprint density at radius 3 is 2.28 bits per heavy atom. The summed E-state index contributed by atoms with van der Waals surface area (Å²) in [6.45, 7) is 7.95. The second-order valence-corrected chi connectivity index (χ2v) is 10.7. The second kappa shape index (κ2) is 8.43. The topological polar surface area (TPSA) is 79.8 Å². The number of hydrogen-bond acceptors (Lipinski definition) is 6. The highest BCUT2D eigenvalue weighted by Gasteiger charge is 2.27. The molecule has 3 aromatic rings. The highest BCUT2D eigenvalue weighted by molar-refractivity contribution is 7.91. The molecule has 0 saturated carbocycles. The fourth-order valence-electron chi connectivity index (χ4n) is 3.72. The van der Waals surface area contributed by atoms with Crippen molar-refractivity contribution in [1.82, 2.24) is 9.88 Å². The lowest BCUT2D eigenvalue weighted by Crippen LogP contribution is -2.50. The number of carbonyl (C=O) groups excluding carboxylic acids is 1. The van der Waals surface area contributed by atoms with Crippen LogP contribution < -0.4 is 4.90 Å². The number of rotatable bonds is 3. The number of pyridine rings is 1. The minimum Gasteiger partial charge on any atom is -0.444 e. The van der Waals surface area contributed by atoms with E-state index in [9.17, 15) is 13.2 Å². The number of anilines is 1. The molecule has 0 N–H and O–H groups in total. The first kappa shape index (κ1) is 22.1. The van der Waals surface area contributed by atoms with Gasteiger partial charge in [-0.3, -0.25) is 4.98 Å². The standard InChI is InChI=1S/C24H27N3O4S/c1-24(2,3)31-23(28)27-14-12-26(13-15-27)21-11-7-8-18-16-20(17-25-22(18)21)32(29,30)19-9-5-4-6-10-19/h4-11,16-17H,12-15H2,1-3H3. The van der Waals surface area contributed by atoms with Crippen molar-refractivity contribution in [3.8, 4) is 0 Å². The number of hydrogen-bond donors (Lipinski definition) is 0. The zero-order valence-electron chi connectivity index (χ0n) is 18.5. The molecule has 0 radical (unpaired) electrons. The Bertz CT molecular complexity index is 1230. The van der Waals surface area contributed by atoms with Gasteiger partial charge in [-0.05, 0) is 45.0 Å². The molecule has 1 aromatic heterocycles. The number of piperazine rings is 1. The molecule has 8 heteroatoms. The molecule has 0 aliphatic carbocycles. The Kier molecular flexibility index (Phi) is 5.81. The fourth-order valence-corrected chi connectivity index (χ4v) is 4.98. The van der Waals surface area contributed by atoms with Gasteiger partial charge in [0, 0.05) is 37.8 Å². The molecule has 2 aromatic carbocycles. The SMILES string of the molecule is CC(C)(C)OC(=O)N1CCN(c2cccc3cc(S(=O)(=O)c4ccccc4)cnc23)CC1. The van der Waals surface area contributed by atoms with Crippen molar-refractivity contribution in [1.29, 1.82) is 0 Å². The molecular weight excluding hydrogens is 426 g/mol. The molecule has 168 valence electrons. The summed E-state index contributed by atoms with van der Waals surface area (Å²) in [6.07, 6.45) is 1.12. The average molecular weight is 454 g/mol. The molecule has 1 amide bonds. The Balaban J connectivity index is 1.56. The van der Waals surface area contributed by atoms with E-state index in [1.54, 1.807) is 41.3 Å². The molecule has 0 spiro atoms. The summed E-state index contributed by atoms with van der Waals surface area (Å²) < 4.78 is 31.4. The number of para-hydroxylation sites is 1. The normalized spacial score (nSPS) is 15.1. The van der Waals surface area contributed by atoms with Crippen LogP contribution in [0.2, 0.25) is 0 Å². The number of carbonyl (C=O) groups is 1. The smallest absolute Gasteiger partial charge is 0.410 e. The third-order valence-corrected chi connectivity index (χ3v) is 7.04. The number of benzene rings is 2. The Morgan fingerprint density at radius 2 is 1.62 bits per heavy atom. The van der Waals surface area contributed by atoms with E-state index in [-0.39, 0.29) is 15.9 Å². The van der Waals surface area contributed by atoms with Crippen molar-refractivity contribution in [2.45, 2.75) is 36.2 Å². The van der Waals surface area contributed by atoms with Crippen molar-refractivity contribution in [2.24, 2.45) is 0 Å². The second-order valence-electron chi connectivity index (χ2n) is 8.79. The lowest BCUT2D eigenvalue weighted by Gasteiger charge is -2.37. The third-order valence-electron chi connectivity index (χ3n) is 5.30. The molecule has 0 bridgehead atoms. The van der Waals surface area contributed by atoms with E-state index < -0.39 is 15.4 Å². The van der Waals surface area contributed by atoms with Gasteiger partial charge in [-0.15, -0.1) is 0 Å². The lowest BCUT2D eigenvalue weighted by atomic mass is 10.1. The molecule has 32 heavy (non-hydrogen) atoms. The van der Waals surface area contributed by atoms with Gasteiger partial charge in [0.25, 0.3) is 0 Å². The Labute approximate surface area is 188 Å². The molecule has 1 fully saturated rings. The monoisotopic (exact) mass is 453 g/mol. The molecule has 1 aliphatic rings. The number of ether oxygens (including phenoxy) is 1. The predicted molar refractivity (Wildman–Crippen MR) is 124 cm³/mol. The molecular formula is C24H27N3O4S. The van der Waals surface area contributed by atoms with Gasteiger partial charge in [0.1, 0.15) is 5.60 Å². The highest BCUT2D eigenvalue weighted by atomic mass is 32.2. The maximum absolute atomic E-state index is 13.0. The van der Waals surface area contributed by atoms with Crippen LogP contribution in [0.5, 0.6) is 0 Å². The van der Waals surface area contributed by atoms with Gasteiger partial charge in [0.2, 0.25) is 9.84 Å². The van der Waals surface area contributed by atoms with Crippen molar-refractivity contribution in [3.05, 3.63) is 60.8 Å². The summed E-state index contributed by atoms with van der Waals surface area (Å²) in [6, 6.07) is 15.8. The Hall–Kier alpha value is -3.13. The largest absolute Gasteiger partial charge is 0.444 e. The van der Waals surface area contributed by atoms with Crippen molar-refractivity contribution in [3.63, 3.8) is 0 Å². The Morgan fingerprint density at radius 1 is 0.938 bits per heavy atom. The first-order valence-corrected chi connectivity index (χ1v) is 12.1. The molecule has 1 aliphatic heterocycles. The lowest BCUT2D eigenvalue weighted by molar-refractivity contribution is 0.0240. The number of sulfone groups is 1. The summed E-state index contributed by atoms with van der Waals surface area (Å²) in [5.41, 5.74) is 1.14. The molecule has 1 saturated heterocycles. The maximum atomic E-state index is 13.0. The minimum atomic E-state index is -3.63. The van der Waals surface area contributed by atoms with Gasteiger partial charge >= 0.3 is 6.09 Å². The number of amides is 1. The van der Waals surface area contributed by atoms with E-state index in [1.165, 1.54) is 6.20 Å². The van der Waals surface area contributed by atoms with Crippen LogP contribution in [0.25, 0.3) is 10.9 Å². The highest BCUT2D eigenvalue weighted by Crippen LogP contribution is 2.29. The molecule has 0 unspecified atom stereocenters. The summed E-state index contributed by atoms with van der Waals surface area (Å²) in [5.74, 6) is 0. The van der Waals surface area contributed by atoms with E-state index in [0.717, 1.165) is 16.6 Å². The van der Waals surface area contributed by atoms with Gasteiger partial charge in [0.15, 0.2) is 0 Å². The van der Waals surface area contributed by atoms with Crippen LogP contribution in [-0.4, -0.2) is 56.2 Å². The van der Waals surface area contributed by atoms with Crippen LogP contribution in [0.15, 0.2) is 70.6 Å². The van der Waals surface area contributed by atoms with E-state index >= 15 is 0 Å². The first-order chi connectivity index (χ1) is 15.1. The third kappa shape index (κ3) is 4.55. The quantitative estimate of drug-likeness (QED) is 0.593. The average Bonchev–Trinajstić information content (AvgIpc) is 2.78. The van der Waals surface area contributed by atoms with Crippen LogP contribution in [0, 0.1) is 0 Å². The maximum Gasteiger partial charge on any atom is 0.410 e. The van der Waals surface area contributed by atoms with E-state index in [0.29, 0.717) is 26.2 Å². The number of nitrogens with zero attached hydrogens (tertiary/aromatic N) is 3. The zero-order chi connectivity index (χ0) is 22.9. The number of aromatic nitrogens is 1. The zero-order valence-corrected chi connectivity index (χ0v) is 19.3. The van der Waals surface area contributed by atoms with Crippen LogP contribution in [0.4, 0.5) is 10.5 Å². The van der Waals surface area contributed by atoms with Gasteiger partial charge in [0.05, 0.1) is 21.0 Å². The fraction of sp³-hybridized carbons (Fsp3) is 0.333. The number of fused-ring (bicyclic) bond motifs is 1. The molecule has 0 atom stereocenters. The van der Waals surface area contributed by atoms with Crippen LogP contribution in [-0.2, 0) is 14.6 Å². The van der Waals surface area contributed by atoms with Gasteiger partial charge < -0.3 is 14.5 Å². The van der Waals surface area contributed by atoms with Crippen LogP contribution >= 0.6 is 0 Å².